The molecule has 0 amide bonds. The lowest BCUT2D eigenvalue weighted by atomic mass is 10.1. The molecule has 1 heterocycles. The smallest absolute Gasteiger partial charge is 0.266 e. The summed E-state index contributed by atoms with van der Waals surface area (Å²) in [6.07, 6.45) is 1.48. The van der Waals surface area contributed by atoms with Crippen molar-refractivity contribution >= 4 is 0 Å². The van der Waals surface area contributed by atoms with Crippen molar-refractivity contribution < 1.29 is 8.78 Å². The molecule has 1 atom stereocenters. The molecule has 0 radical (unpaired) electrons. The molecule has 1 unspecified atom stereocenters. The lowest BCUT2D eigenvalue weighted by Crippen LogP contribution is -2.32. The van der Waals surface area contributed by atoms with Crippen LogP contribution >= 0.6 is 0 Å². The van der Waals surface area contributed by atoms with E-state index in [0.717, 1.165) is 6.07 Å². The van der Waals surface area contributed by atoms with Gasteiger partial charge in [0.25, 0.3) is 5.56 Å². The molecular formula is C14H15F2N3O. The van der Waals surface area contributed by atoms with E-state index in [4.69, 9.17) is 0 Å². The maximum Gasteiger partial charge on any atom is 0.266 e. The zero-order valence-corrected chi connectivity index (χ0v) is 11.0. The van der Waals surface area contributed by atoms with Gasteiger partial charge in [0, 0.05) is 17.8 Å². The van der Waals surface area contributed by atoms with Gasteiger partial charge in [-0.25, -0.2) is 13.5 Å². The molecule has 0 aliphatic rings. The Morgan fingerprint density at radius 1 is 1.30 bits per heavy atom. The standard InChI is InChI=1S/C14H15F2N3O/c1-2-17-12(9-19-13(20)7-4-8-18-19)10-5-3-6-11(15)14(10)16/h3-8,12,17H,2,9H2,1H3. The molecule has 0 fully saturated rings. The van der Waals surface area contributed by atoms with Crippen molar-refractivity contribution in [2.24, 2.45) is 0 Å². The molecule has 1 aromatic carbocycles. The summed E-state index contributed by atoms with van der Waals surface area (Å²) in [5.41, 5.74) is -0.100. The summed E-state index contributed by atoms with van der Waals surface area (Å²) in [5.74, 6) is -1.80. The molecule has 0 aliphatic heterocycles. The fourth-order valence-corrected chi connectivity index (χ4v) is 2.01. The van der Waals surface area contributed by atoms with Crippen molar-refractivity contribution in [3.63, 3.8) is 0 Å². The van der Waals surface area contributed by atoms with Crippen molar-refractivity contribution in [2.75, 3.05) is 6.54 Å². The van der Waals surface area contributed by atoms with E-state index in [1.54, 1.807) is 0 Å². The minimum Gasteiger partial charge on any atom is -0.309 e. The van der Waals surface area contributed by atoms with Crippen molar-refractivity contribution in [3.8, 4) is 0 Å². The van der Waals surface area contributed by atoms with Crippen LogP contribution in [0.3, 0.4) is 0 Å². The molecule has 0 bridgehead atoms. The summed E-state index contributed by atoms with van der Waals surface area (Å²) in [7, 11) is 0. The second kappa shape index (κ2) is 6.38. The summed E-state index contributed by atoms with van der Waals surface area (Å²) in [4.78, 5) is 11.6. The second-order valence-electron chi connectivity index (χ2n) is 4.30. The Hall–Kier alpha value is -2.08. The lowest BCUT2D eigenvalue weighted by Gasteiger charge is -2.19. The average Bonchev–Trinajstić information content (AvgIpc) is 2.44. The Morgan fingerprint density at radius 3 is 2.80 bits per heavy atom. The second-order valence-corrected chi connectivity index (χ2v) is 4.30. The highest BCUT2D eigenvalue weighted by molar-refractivity contribution is 5.22. The Kier molecular flexibility index (Phi) is 4.57. The van der Waals surface area contributed by atoms with Gasteiger partial charge in [-0.05, 0) is 18.7 Å². The Labute approximate surface area is 115 Å². The van der Waals surface area contributed by atoms with Crippen LogP contribution in [0.4, 0.5) is 8.78 Å². The van der Waals surface area contributed by atoms with Gasteiger partial charge in [-0.15, -0.1) is 0 Å². The first kappa shape index (κ1) is 14.3. The molecule has 4 nitrogen and oxygen atoms in total. The van der Waals surface area contributed by atoms with E-state index in [1.165, 1.54) is 35.1 Å². The van der Waals surface area contributed by atoms with E-state index in [-0.39, 0.29) is 17.7 Å². The molecule has 1 N–H and O–H groups in total. The molecule has 0 aliphatic carbocycles. The normalized spacial score (nSPS) is 12.3. The number of halogens is 2. The summed E-state index contributed by atoms with van der Waals surface area (Å²) in [6, 6.07) is 6.39. The summed E-state index contributed by atoms with van der Waals surface area (Å²) in [5, 5.41) is 6.96. The number of benzene rings is 1. The number of likely N-dealkylation sites (N-methyl/N-ethyl adjacent to an activating group) is 1. The minimum atomic E-state index is -0.904. The van der Waals surface area contributed by atoms with Gasteiger partial charge in [-0.3, -0.25) is 4.79 Å². The van der Waals surface area contributed by atoms with E-state index in [0.29, 0.717) is 6.54 Å². The van der Waals surface area contributed by atoms with E-state index >= 15 is 0 Å². The van der Waals surface area contributed by atoms with Gasteiger partial charge in [0.2, 0.25) is 0 Å². The highest BCUT2D eigenvalue weighted by Gasteiger charge is 2.18. The maximum absolute atomic E-state index is 13.9. The first-order valence-corrected chi connectivity index (χ1v) is 6.33. The Bertz CT molecular complexity index is 642. The van der Waals surface area contributed by atoms with Gasteiger partial charge in [0.15, 0.2) is 11.6 Å². The SMILES string of the molecule is CCNC(Cn1ncccc1=O)c1cccc(F)c1F. The monoisotopic (exact) mass is 279 g/mol. The van der Waals surface area contributed by atoms with Crippen LogP contribution in [0.15, 0.2) is 41.3 Å². The summed E-state index contributed by atoms with van der Waals surface area (Å²) < 4.78 is 28.4. The maximum atomic E-state index is 13.9. The fourth-order valence-electron chi connectivity index (χ4n) is 2.01. The molecule has 1 aromatic heterocycles. The molecule has 6 heteroatoms. The summed E-state index contributed by atoms with van der Waals surface area (Å²) >= 11 is 0. The number of hydrogen-bond acceptors (Lipinski definition) is 3. The number of nitrogens with one attached hydrogen (secondary N) is 1. The fraction of sp³-hybridized carbons (Fsp3) is 0.286. The van der Waals surface area contributed by atoms with Crippen molar-refractivity contribution in [3.05, 3.63) is 64.1 Å². The van der Waals surface area contributed by atoms with Gasteiger partial charge in [0.05, 0.1) is 12.6 Å². The van der Waals surface area contributed by atoms with Gasteiger partial charge in [0.1, 0.15) is 0 Å². The first-order valence-electron chi connectivity index (χ1n) is 6.33. The number of rotatable bonds is 5. The molecule has 106 valence electrons. The average molecular weight is 279 g/mol. The van der Waals surface area contributed by atoms with Crippen LogP contribution in [0, 0.1) is 11.6 Å². The third-order valence-corrected chi connectivity index (χ3v) is 2.95. The predicted molar refractivity (Wildman–Crippen MR) is 71.3 cm³/mol. The van der Waals surface area contributed by atoms with E-state index in [2.05, 4.69) is 10.4 Å². The van der Waals surface area contributed by atoms with Crippen LogP contribution in [-0.2, 0) is 6.54 Å². The number of aromatic nitrogens is 2. The van der Waals surface area contributed by atoms with Crippen LogP contribution in [0.25, 0.3) is 0 Å². The first-order chi connectivity index (χ1) is 9.63. The number of nitrogens with zero attached hydrogens (tertiary/aromatic N) is 2. The Morgan fingerprint density at radius 2 is 2.10 bits per heavy atom. The van der Waals surface area contributed by atoms with Crippen LogP contribution in [0.1, 0.15) is 18.5 Å². The molecule has 2 aromatic rings. The largest absolute Gasteiger partial charge is 0.309 e. The van der Waals surface area contributed by atoms with E-state index < -0.39 is 17.7 Å². The van der Waals surface area contributed by atoms with E-state index in [1.807, 2.05) is 6.92 Å². The zero-order chi connectivity index (χ0) is 14.5. The lowest BCUT2D eigenvalue weighted by molar-refractivity contribution is 0.408. The molecule has 20 heavy (non-hydrogen) atoms. The molecule has 0 spiro atoms. The highest BCUT2D eigenvalue weighted by Crippen LogP contribution is 2.20. The minimum absolute atomic E-state index is 0.133. The van der Waals surface area contributed by atoms with Crippen LogP contribution < -0.4 is 10.9 Å². The van der Waals surface area contributed by atoms with Crippen molar-refractivity contribution in [1.29, 1.82) is 0 Å². The van der Waals surface area contributed by atoms with Crippen LogP contribution in [0.5, 0.6) is 0 Å². The van der Waals surface area contributed by atoms with Crippen molar-refractivity contribution in [1.82, 2.24) is 15.1 Å². The number of hydrogen-bond donors (Lipinski definition) is 1. The van der Waals surface area contributed by atoms with Gasteiger partial charge >= 0.3 is 0 Å². The highest BCUT2D eigenvalue weighted by atomic mass is 19.2. The molecule has 0 saturated heterocycles. The Balaban J connectivity index is 2.34. The third-order valence-electron chi connectivity index (χ3n) is 2.95. The predicted octanol–water partition coefficient (Wildman–Crippen LogP) is 1.87. The quantitative estimate of drug-likeness (QED) is 0.909. The third kappa shape index (κ3) is 3.08. The molecule has 0 saturated carbocycles. The zero-order valence-electron chi connectivity index (χ0n) is 11.0. The van der Waals surface area contributed by atoms with Crippen LogP contribution in [0.2, 0.25) is 0 Å². The van der Waals surface area contributed by atoms with Crippen molar-refractivity contribution in [2.45, 2.75) is 19.5 Å². The van der Waals surface area contributed by atoms with Gasteiger partial charge in [-0.2, -0.15) is 5.10 Å². The van der Waals surface area contributed by atoms with Gasteiger partial charge < -0.3 is 5.32 Å². The summed E-state index contributed by atoms with van der Waals surface area (Å²) in [6.45, 7) is 2.54. The van der Waals surface area contributed by atoms with Gasteiger partial charge in [-0.1, -0.05) is 19.1 Å². The molecular weight excluding hydrogens is 264 g/mol. The van der Waals surface area contributed by atoms with Crippen LogP contribution in [-0.4, -0.2) is 16.3 Å². The van der Waals surface area contributed by atoms with E-state index in [9.17, 15) is 13.6 Å². The molecule has 2 rings (SSSR count). The topological polar surface area (TPSA) is 46.9 Å².